The first-order chi connectivity index (χ1) is 8.39. The summed E-state index contributed by atoms with van der Waals surface area (Å²) >= 11 is 0. The van der Waals surface area contributed by atoms with Gasteiger partial charge in [-0.2, -0.15) is 0 Å². The van der Waals surface area contributed by atoms with E-state index in [0.717, 1.165) is 5.57 Å². The number of hydrogen-bond donors (Lipinski definition) is 0. The SMILES string of the molecule is C=C[C@](C)(CCC=C(C)C)OP(=O)([O-])OP(=O)([O-])[O-]. The zero-order valence-electron chi connectivity index (χ0n) is 11.0. The summed E-state index contributed by atoms with van der Waals surface area (Å²) in [5, 5.41) is 0. The van der Waals surface area contributed by atoms with Crippen LogP contribution in [0, 0.1) is 0 Å². The Morgan fingerprint density at radius 2 is 1.84 bits per heavy atom. The average molecular weight is 311 g/mol. The van der Waals surface area contributed by atoms with Crippen LogP contribution in [0.4, 0.5) is 0 Å². The monoisotopic (exact) mass is 311 g/mol. The van der Waals surface area contributed by atoms with Gasteiger partial charge in [0.05, 0.1) is 13.4 Å². The maximum absolute atomic E-state index is 11.3. The molecule has 0 bridgehead atoms. The average Bonchev–Trinajstić information content (AvgIpc) is 2.11. The van der Waals surface area contributed by atoms with Crippen LogP contribution >= 0.6 is 15.6 Å². The van der Waals surface area contributed by atoms with Crippen molar-refractivity contribution >= 4 is 15.6 Å². The van der Waals surface area contributed by atoms with Gasteiger partial charge in [0.2, 0.25) is 0 Å². The number of phosphoric ester groups is 1. The maximum Gasteiger partial charge on any atom is 0.272 e. The molecule has 0 N–H and O–H groups in total. The molecule has 2 atom stereocenters. The zero-order chi connectivity index (χ0) is 15.3. The molecule has 0 aliphatic carbocycles. The van der Waals surface area contributed by atoms with Crippen molar-refractivity contribution in [3.63, 3.8) is 0 Å². The van der Waals surface area contributed by atoms with Crippen LogP contribution in [-0.4, -0.2) is 5.60 Å². The number of allylic oxidation sites excluding steroid dienone is 2. The quantitative estimate of drug-likeness (QED) is 0.484. The van der Waals surface area contributed by atoms with Crippen molar-refractivity contribution in [2.75, 3.05) is 0 Å². The molecule has 0 aromatic carbocycles. The minimum atomic E-state index is -5.67. The topological polar surface area (TPSA) is 122 Å². The second-order valence-electron chi connectivity index (χ2n) is 4.40. The summed E-state index contributed by atoms with van der Waals surface area (Å²) in [5.41, 5.74) is -0.310. The van der Waals surface area contributed by atoms with E-state index in [2.05, 4.69) is 15.4 Å². The molecule has 7 nitrogen and oxygen atoms in total. The molecule has 0 rings (SSSR count). The highest BCUT2D eigenvalue weighted by Crippen LogP contribution is 2.53. The molecular formula is C10H17O7P2-3. The molecule has 0 fully saturated rings. The summed E-state index contributed by atoms with van der Waals surface area (Å²) in [4.78, 5) is 31.8. The predicted octanol–water partition coefficient (Wildman–Crippen LogP) is 1.01. The molecule has 0 aliphatic heterocycles. The standard InChI is InChI=1S/C10H20O7P2/c1-5-10(4,8-6-7-9(2)3)16-19(14,15)17-18(11,12)13/h5,7H,1,6,8H2,2-4H3,(H,14,15)(H2,11,12,13)/p-3/t10-/m1/s1. The summed E-state index contributed by atoms with van der Waals surface area (Å²) in [6, 6.07) is 0. The molecule has 0 amide bonds. The third-order valence-electron chi connectivity index (χ3n) is 2.15. The molecule has 9 heteroatoms. The summed E-state index contributed by atoms with van der Waals surface area (Å²) in [5.74, 6) is 0. The van der Waals surface area contributed by atoms with Crippen LogP contribution in [0.5, 0.6) is 0 Å². The smallest absolute Gasteiger partial charge is 0.272 e. The van der Waals surface area contributed by atoms with E-state index >= 15 is 0 Å². The van der Waals surface area contributed by atoms with Crippen LogP contribution < -0.4 is 14.7 Å². The molecule has 0 aliphatic rings. The highest BCUT2D eigenvalue weighted by atomic mass is 31.3. The number of rotatable bonds is 8. The van der Waals surface area contributed by atoms with Crippen LogP contribution in [0.1, 0.15) is 33.6 Å². The number of hydrogen-bond acceptors (Lipinski definition) is 7. The van der Waals surface area contributed by atoms with Gasteiger partial charge in [-0.3, -0.25) is 8.88 Å². The summed E-state index contributed by atoms with van der Waals surface area (Å²) in [7, 11) is -10.9. The lowest BCUT2D eigenvalue weighted by molar-refractivity contribution is -0.340. The predicted molar refractivity (Wildman–Crippen MR) is 64.7 cm³/mol. The van der Waals surface area contributed by atoms with Gasteiger partial charge in [0, 0.05) is 0 Å². The molecular weight excluding hydrogens is 294 g/mol. The van der Waals surface area contributed by atoms with Crippen molar-refractivity contribution < 1.29 is 32.6 Å². The van der Waals surface area contributed by atoms with Gasteiger partial charge < -0.3 is 23.8 Å². The molecule has 0 saturated heterocycles. The Bertz CT molecular complexity index is 435. The Morgan fingerprint density at radius 1 is 1.32 bits per heavy atom. The van der Waals surface area contributed by atoms with E-state index in [9.17, 15) is 23.8 Å². The Kier molecular flexibility index (Phi) is 6.86. The van der Waals surface area contributed by atoms with Gasteiger partial charge >= 0.3 is 0 Å². The third-order valence-corrected chi connectivity index (χ3v) is 4.39. The van der Waals surface area contributed by atoms with E-state index in [1.807, 2.05) is 19.9 Å². The Hall–Kier alpha value is -0.260. The van der Waals surface area contributed by atoms with Gasteiger partial charge in [0.25, 0.3) is 7.82 Å². The lowest BCUT2D eigenvalue weighted by Gasteiger charge is -2.39. The van der Waals surface area contributed by atoms with Crippen molar-refractivity contribution in [1.29, 1.82) is 0 Å². The van der Waals surface area contributed by atoms with Gasteiger partial charge in [0.1, 0.15) is 0 Å². The van der Waals surface area contributed by atoms with Crippen LogP contribution in [0.3, 0.4) is 0 Å². The fourth-order valence-electron chi connectivity index (χ4n) is 1.23. The molecule has 0 aromatic rings. The molecule has 112 valence electrons. The van der Waals surface area contributed by atoms with E-state index in [0.29, 0.717) is 6.42 Å². The van der Waals surface area contributed by atoms with E-state index < -0.39 is 21.2 Å². The fraction of sp³-hybridized carbons (Fsp3) is 0.600. The van der Waals surface area contributed by atoms with Gasteiger partial charge in [-0.15, -0.1) is 6.58 Å². The third kappa shape index (κ3) is 9.30. The van der Waals surface area contributed by atoms with Gasteiger partial charge in [0.15, 0.2) is 0 Å². The first-order valence-corrected chi connectivity index (χ1v) is 8.33. The molecule has 0 heterocycles. The first kappa shape index (κ1) is 18.7. The lowest BCUT2D eigenvalue weighted by atomic mass is 10.00. The van der Waals surface area contributed by atoms with E-state index in [4.69, 9.17) is 0 Å². The summed E-state index contributed by atoms with van der Waals surface area (Å²) in [6.45, 7) is 8.57. The second kappa shape index (κ2) is 6.95. The van der Waals surface area contributed by atoms with Crippen LogP contribution in [0.15, 0.2) is 24.3 Å². The van der Waals surface area contributed by atoms with Crippen LogP contribution in [-0.2, 0) is 18.0 Å². The fourth-order valence-corrected chi connectivity index (χ4v) is 3.02. The molecule has 0 radical (unpaired) electrons. The van der Waals surface area contributed by atoms with E-state index in [-0.39, 0.29) is 6.42 Å². The Morgan fingerprint density at radius 3 is 2.21 bits per heavy atom. The second-order valence-corrected chi connectivity index (χ2v) is 7.03. The van der Waals surface area contributed by atoms with Crippen molar-refractivity contribution in [3.8, 4) is 0 Å². The summed E-state index contributed by atoms with van der Waals surface area (Å²) < 4.78 is 29.6. The van der Waals surface area contributed by atoms with Crippen molar-refractivity contribution in [2.24, 2.45) is 0 Å². The first-order valence-electron chi connectivity index (χ1n) is 5.41. The van der Waals surface area contributed by atoms with E-state index in [1.165, 1.54) is 13.0 Å². The van der Waals surface area contributed by atoms with Gasteiger partial charge in [-0.1, -0.05) is 17.7 Å². The molecule has 0 aromatic heterocycles. The van der Waals surface area contributed by atoms with Crippen LogP contribution in [0.2, 0.25) is 0 Å². The number of phosphoric acid groups is 2. The lowest BCUT2D eigenvalue weighted by Crippen LogP contribution is -2.29. The Labute approximate surface area is 112 Å². The molecule has 0 spiro atoms. The van der Waals surface area contributed by atoms with Gasteiger partial charge in [-0.25, -0.2) is 0 Å². The Balaban J connectivity index is 4.78. The van der Waals surface area contributed by atoms with Crippen molar-refractivity contribution in [3.05, 3.63) is 24.3 Å². The van der Waals surface area contributed by atoms with Crippen LogP contribution in [0.25, 0.3) is 0 Å². The summed E-state index contributed by atoms with van der Waals surface area (Å²) in [6.07, 6.45) is 3.80. The minimum Gasteiger partial charge on any atom is -0.790 e. The van der Waals surface area contributed by atoms with Crippen molar-refractivity contribution in [2.45, 2.75) is 39.2 Å². The highest BCUT2D eigenvalue weighted by Gasteiger charge is 2.27. The normalized spacial score (nSPS) is 18.2. The molecule has 19 heavy (non-hydrogen) atoms. The zero-order valence-corrected chi connectivity index (χ0v) is 12.8. The maximum atomic E-state index is 11.3. The van der Waals surface area contributed by atoms with Gasteiger partial charge in [-0.05, 0) is 33.6 Å². The van der Waals surface area contributed by atoms with E-state index in [1.54, 1.807) is 0 Å². The molecule has 0 saturated carbocycles. The highest BCUT2D eigenvalue weighted by molar-refractivity contribution is 7.58. The largest absolute Gasteiger partial charge is 0.790 e. The minimum absolute atomic E-state index is 0.235. The molecule has 1 unspecified atom stereocenters. The van der Waals surface area contributed by atoms with Crippen molar-refractivity contribution in [1.82, 2.24) is 0 Å².